The maximum atomic E-state index is 13.4. The van der Waals surface area contributed by atoms with Crippen molar-refractivity contribution in [1.82, 2.24) is 24.1 Å². The molecule has 4 rings (SSSR count). The molecule has 194 valence electrons. The molecule has 0 unspecified atom stereocenters. The number of hydrogen-bond acceptors (Lipinski definition) is 7. The van der Waals surface area contributed by atoms with Crippen LogP contribution in [0.5, 0.6) is 0 Å². The molecule has 2 aromatic heterocycles. The summed E-state index contributed by atoms with van der Waals surface area (Å²) in [5.41, 5.74) is -0.485. The van der Waals surface area contributed by atoms with Crippen LogP contribution in [0.4, 0.5) is 0 Å². The number of sulfonamides is 1. The van der Waals surface area contributed by atoms with Crippen molar-refractivity contribution in [2.24, 2.45) is 11.8 Å². The van der Waals surface area contributed by atoms with Crippen LogP contribution in [0.25, 0.3) is 10.2 Å². The van der Waals surface area contributed by atoms with Gasteiger partial charge < -0.3 is 10.2 Å². The summed E-state index contributed by atoms with van der Waals surface area (Å²) < 4.78 is 29.5. The smallest absolute Gasteiger partial charge is 0.263 e. The van der Waals surface area contributed by atoms with E-state index in [9.17, 15) is 18.0 Å². The van der Waals surface area contributed by atoms with E-state index in [0.717, 1.165) is 45.3 Å². The first-order valence-electron chi connectivity index (χ1n) is 12.6. The number of carbonyl (C=O) groups is 1. The number of nitrogens with zero attached hydrogens (tertiary/aromatic N) is 4. The van der Waals surface area contributed by atoms with Gasteiger partial charge in [0.1, 0.15) is 16.3 Å². The van der Waals surface area contributed by atoms with Crippen LogP contribution in [0.2, 0.25) is 0 Å². The van der Waals surface area contributed by atoms with Crippen molar-refractivity contribution in [2.75, 3.05) is 39.3 Å². The molecule has 2 aliphatic rings. The van der Waals surface area contributed by atoms with E-state index in [-0.39, 0.29) is 22.7 Å². The van der Waals surface area contributed by atoms with E-state index in [4.69, 9.17) is 0 Å². The van der Waals surface area contributed by atoms with Crippen molar-refractivity contribution in [3.8, 4) is 0 Å². The molecule has 11 heteroatoms. The van der Waals surface area contributed by atoms with Crippen LogP contribution < -0.4 is 10.9 Å². The van der Waals surface area contributed by atoms with E-state index < -0.39 is 15.6 Å². The fraction of sp³-hybridized carbons (Fsp3) is 0.708. The Morgan fingerprint density at radius 3 is 2.54 bits per heavy atom. The second-order valence-corrected chi connectivity index (χ2v) is 13.3. The molecule has 0 saturated carbocycles. The number of thiophene rings is 1. The van der Waals surface area contributed by atoms with Crippen LogP contribution in [0.3, 0.4) is 0 Å². The molecular weight excluding hydrogens is 486 g/mol. The molecule has 0 bridgehead atoms. The van der Waals surface area contributed by atoms with Crippen molar-refractivity contribution in [3.63, 3.8) is 0 Å². The van der Waals surface area contributed by atoms with Crippen molar-refractivity contribution in [1.29, 1.82) is 0 Å². The van der Waals surface area contributed by atoms with E-state index in [0.29, 0.717) is 41.2 Å². The first-order chi connectivity index (χ1) is 16.7. The molecule has 2 aliphatic heterocycles. The van der Waals surface area contributed by atoms with Crippen molar-refractivity contribution < 1.29 is 13.2 Å². The van der Waals surface area contributed by atoms with E-state index in [1.54, 1.807) is 6.92 Å². The first-order valence-corrected chi connectivity index (χ1v) is 14.9. The predicted octanol–water partition coefficient (Wildman–Crippen LogP) is 2.43. The number of hydrogen-bond donors (Lipinski definition) is 1. The Morgan fingerprint density at radius 1 is 1.17 bits per heavy atom. The highest BCUT2D eigenvalue weighted by atomic mass is 32.2. The maximum Gasteiger partial charge on any atom is 0.263 e. The number of likely N-dealkylation sites (tertiary alicyclic amines) is 1. The van der Waals surface area contributed by atoms with E-state index in [2.05, 4.69) is 29.0 Å². The van der Waals surface area contributed by atoms with Gasteiger partial charge in [0, 0.05) is 37.6 Å². The van der Waals surface area contributed by atoms with Crippen LogP contribution in [-0.4, -0.2) is 72.3 Å². The molecule has 0 aromatic carbocycles. The third-order valence-corrected chi connectivity index (χ3v) is 10.2. The Labute approximate surface area is 211 Å². The average molecular weight is 524 g/mol. The highest BCUT2D eigenvalue weighted by Crippen LogP contribution is 2.33. The Kier molecular flexibility index (Phi) is 8.30. The molecule has 0 spiro atoms. The van der Waals surface area contributed by atoms with Gasteiger partial charge in [-0.3, -0.25) is 14.2 Å². The minimum atomic E-state index is -3.79. The second-order valence-electron chi connectivity index (χ2n) is 10.2. The van der Waals surface area contributed by atoms with Gasteiger partial charge in [0.25, 0.3) is 5.56 Å². The van der Waals surface area contributed by atoms with Gasteiger partial charge in [0.15, 0.2) is 0 Å². The van der Waals surface area contributed by atoms with Crippen molar-refractivity contribution in [2.45, 2.75) is 64.3 Å². The second kappa shape index (κ2) is 11.1. The van der Waals surface area contributed by atoms with Gasteiger partial charge in [0.2, 0.25) is 15.9 Å². The summed E-state index contributed by atoms with van der Waals surface area (Å²) in [7, 11) is -3.79. The lowest BCUT2D eigenvalue weighted by molar-refractivity contribution is -0.121. The van der Waals surface area contributed by atoms with E-state index in [1.807, 2.05) is 0 Å². The summed E-state index contributed by atoms with van der Waals surface area (Å²) in [6.45, 7) is 10.7. The number of aryl methyl sites for hydroxylation is 1. The number of fused-ring (bicyclic) bond motifs is 1. The van der Waals surface area contributed by atoms with E-state index in [1.165, 1.54) is 33.0 Å². The number of nitrogens with one attached hydrogen (secondary N) is 1. The summed E-state index contributed by atoms with van der Waals surface area (Å²) in [4.78, 5) is 33.6. The monoisotopic (exact) mass is 523 g/mol. The fourth-order valence-electron chi connectivity index (χ4n) is 5.49. The zero-order chi connectivity index (χ0) is 25.2. The molecule has 35 heavy (non-hydrogen) atoms. The highest BCUT2D eigenvalue weighted by molar-refractivity contribution is 7.89. The van der Waals surface area contributed by atoms with Gasteiger partial charge >= 0.3 is 0 Å². The highest BCUT2D eigenvalue weighted by Gasteiger charge is 2.32. The van der Waals surface area contributed by atoms with Gasteiger partial charge in [0.05, 0.1) is 11.7 Å². The lowest BCUT2D eigenvalue weighted by Crippen LogP contribution is -2.40. The standard InChI is InChI=1S/C24H37N5O4S2/c1-17-12-18(2)14-27(13-17)9-7-8-25-20(30)15-28-16-26-23-21(24(28)31)22(19(3)34-23)35(32,33)29-10-5-4-6-11-29/h16-18H,4-15H2,1-3H3,(H,25,30)/t17-,18+. The molecule has 2 fully saturated rings. The van der Waals surface area contributed by atoms with E-state index >= 15 is 0 Å². The zero-order valence-electron chi connectivity index (χ0n) is 21.0. The van der Waals surface area contributed by atoms with Crippen LogP contribution in [0.1, 0.15) is 50.8 Å². The Bertz CT molecular complexity index is 1210. The SMILES string of the molecule is Cc1sc2ncn(CC(=O)NCCCN3C[C@H](C)C[C@H](C)C3)c(=O)c2c1S(=O)(=O)N1CCCCC1. The predicted molar refractivity (Wildman–Crippen MR) is 138 cm³/mol. The Balaban J connectivity index is 1.42. The zero-order valence-corrected chi connectivity index (χ0v) is 22.6. The lowest BCUT2D eigenvalue weighted by atomic mass is 9.92. The van der Waals surface area contributed by atoms with Crippen molar-refractivity contribution >= 4 is 37.5 Å². The molecule has 2 atom stereocenters. The van der Waals surface area contributed by atoms with Crippen LogP contribution in [0, 0.1) is 18.8 Å². The summed E-state index contributed by atoms with van der Waals surface area (Å²) in [5.74, 6) is 1.13. The Hall–Kier alpha value is -1.82. The molecule has 0 aliphatic carbocycles. The first kappa shape index (κ1) is 26.2. The third-order valence-electron chi connectivity index (χ3n) is 6.94. The van der Waals surface area contributed by atoms with Gasteiger partial charge in [-0.05, 0) is 51.0 Å². The molecule has 2 aromatic rings. The van der Waals surface area contributed by atoms with Crippen LogP contribution in [0.15, 0.2) is 16.0 Å². The minimum absolute atomic E-state index is 0.0525. The quantitative estimate of drug-likeness (QED) is 0.533. The molecule has 1 amide bonds. The number of amides is 1. The molecule has 9 nitrogen and oxygen atoms in total. The average Bonchev–Trinajstić information content (AvgIpc) is 3.16. The van der Waals surface area contributed by atoms with Crippen LogP contribution >= 0.6 is 11.3 Å². The number of rotatable bonds is 8. The largest absolute Gasteiger partial charge is 0.354 e. The molecule has 1 N–H and O–H groups in total. The van der Waals surface area contributed by atoms with Gasteiger partial charge in [-0.25, -0.2) is 13.4 Å². The third kappa shape index (κ3) is 5.95. The normalized spacial score (nSPS) is 22.5. The molecular formula is C24H37N5O4S2. The van der Waals surface area contributed by atoms with Crippen LogP contribution in [-0.2, 0) is 21.4 Å². The van der Waals surface area contributed by atoms with Crippen molar-refractivity contribution in [3.05, 3.63) is 21.6 Å². The Morgan fingerprint density at radius 2 is 1.86 bits per heavy atom. The topological polar surface area (TPSA) is 105 Å². The summed E-state index contributed by atoms with van der Waals surface area (Å²) in [5, 5.41) is 2.99. The minimum Gasteiger partial charge on any atom is -0.354 e. The lowest BCUT2D eigenvalue weighted by Gasteiger charge is -2.34. The number of aromatic nitrogens is 2. The fourth-order valence-corrected chi connectivity index (χ4v) is 8.67. The summed E-state index contributed by atoms with van der Waals surface area (Å²) in [6.07, 6.45) is 6.10. The summed E-state index contributed by atoms with van der Waals surface area (Å²) >= 11 is 1.21. The molecule has 2 saturated heterocycles. The summed E-state index contributed by atoms with van der Waals surface area (Å²) in [6, 6.07) is 0. The van der Waals surface area contributed by atoms with Gasteiger partial charge in [-0.15, -0.1) is 11.3 Å². The molecule has 4 heterocycles. The van der Waals surface area contributed by atoms with Gasteiger partial charge in [-0.2, -0.15) is 4.31 Å². The maximum absolute atomic E-state index is 13.4. The van der Waals surface area contributed by atoms with Gasteiger partial charge in [-0.1, -0.05) is 20.3 Å². The number of piperidine rings is 2. The molecule has 0 radical (unpaired) electrons. The number of carbonyl (C=O) groups excluding carboxylic acids is 1.